The minimum absolute atomic E-state index is 0.227. The molecule has 1 aromatic carbocycles. The van der Waals surface area contributed by atoms with Gasteiger partial charge in [0.2, 0.25) is 0 Å². The van der Waals surface area contributed by atoms with E-state index in [1.54, 1.807) is 0 Å². The van der Waals surface area contributed by atoms with Crippen LogP contribution in [0.4, 0.5) is 0 Å². The fourth-order valence-electron chi connectivity index (χ4n) is 2.81. The first-order valence-corrected chi connectivity index (χ1v) is 6.72. The van der Waals surface area contributed by atoms with E-state index < -0.39 is 0 Å². The lowest BCUT2D eigenvalue weighted by molar-refractivity contribution is -0.0441. The van der Waals surface area contributed by atoms with Crippen LogP contribution >= 0.6 is 0 Å². The summed E-state index contributed by atoms with van der Waals surface area (Å²) in [7, 11) is 0. The molecular weight excluding hydrogens is 228 g/mol. The smallest absolute Gasteiger partial charge is 0.184 e. The Morgan fingerprint density at radius 1 is 1.11 bits per heavy atom. The van der Waals surface area contributed by atoms with Crippen LogP contribution in [0.3, 0.4) is 0 Å². The van der Waals surface area contributed by atoms with Crippen molar-refractivity contribution in [3.63, 3.8) is 0 Å². The average molecular weight is 246 g/mol. The summed E-state index contributed by atoms with van der Waals surface area (Å²) in [6, 6.07) is 7.71. The maximum Gasteiger partial charge on any atom is 0.184 e. The van der Waals surface area contributed by atoms with E-state index in [1.807, 2.05) is 24.3 Å². The van der Waals surface area contributed by atoms with Gasteiger partial charge in [0.1, 0.15) is 0 Å². The van der Waals surface area contributed by atoms with Gasteiger partial charge in [-0.2, -0.15) is 0 Å². The molecule has 0 radical (unpaired) electrons. The van der Waals surface area contributed by atoms with E-state index in [1.165, 1.54) is 12.8 Å². The second-order valence-electron chi connectivity index (χ2n) is 5.04. The lowest BCUT2D eigenvalue weighted by Crippen LogP contribution is -2.11. The van der Waals surface area contributed by atoms with Crippen molar-refractivity contribution >= 4 is 5.78 Å². The number of carbonyl (C=O) groups excluding carboxylic acids is 1. The number of benzene rings is 1. The molecular formula is C15H18O3. The summed E-state index contributed by atoms with van der Waals surface area (Å²) >= 11 is 0. The number of rotatable bonds is 3. The van der Waals surface area contributed by atoms with Crippen LogP contribution in [0.2, 0.25) is 0 Å². The van der Waals surface area contributed by atoms with E-state index in [-0.39, 0.29) is 18.0 Å². The van der Waals surface area contributed by atoms with Crippen LogP contribution in [-0.2, 0) is 9.47 Å². The van der Waals surface area contributed by atoms with E-state index in [2.05, 4.69) is 0 Å². The van der Waals surface area contributed by atoms with Crippen molar-refractivity contribution in [2.45, 2.75) is 32.0 Å². The van der Waals surface area contributed by atoms with Crippen molar-refractivity contribution < 1.29 is 14.3 Å². The number of carbonyl (C=O) groups is 1. The standard InChI is InChI=1S/C15H18O3/c16-14(11-4-1-2-5-11)12-6-3-7-13(10-12)15-17-8-9-18-15/h3,6-7,10-11,15H,1-2,4-5,8-9H2. The molecule has 2 fully saturated rings. The van der Waals surface area contributed by atoms with Crippen molar-refractivity contribution in [3.8, 4) is 0 Å². The molecule has 96 valence electrons. The normalized spacial score (nSPS) is 21.6. The summed E-state index contributed by atoms with van der Waals surface area (Å²) in [6.45, 7) is 1.26. The Morgan fingerprint density at radius 2 is 1.83 bits per heavy atom. The molecule has 1 saturated heterocycles. The van der Waals surface area contributed by atoms with Crippen LogP contribution in [0, 0.1) is 5.92 Å². The number of ether oxygens (including phenoxy) is 2. The van der Waals surface area contributed by atoms with Crippen molar-refractivity contribution in [3.05, 3.63) is 35.4 Å². The third-order valence-electron chi connectivity index (χ3n) is 3.79. The highest BCUT2D eigenvalue weighted by molar-refractivity contribution is 5.98. The van der Waals surface area contributed by atoms with Gasteiger partial charge >= 0.3 is 0 Å². The highest BCUT2D eigenvalue weighted by Gasteiger charge is 2.25. The quantitative estimate of drug-likeness (QED) is 0.769. The predicted molar refractivity (Wildman–Crippen MR) is 67.4 cm³/mol. The molecule has 0 spiro atoms. The second kappa shape index (κ2) is 5.21. The van der Waals surface area contributed by atoms with Crippen molar-refractivity contribution in [2.24, 2.45) is 5.92 Å². The fourth-order valence-corrected chi connectivity index (χ4v) is 2.81. The zero-order valence-corrected chi connectivity index (χ0v) is 10.4. The summed E-state index contributed by atoms with van der Waals surface area (Å²) in [4.78, 5) is 12.3. The molecule has 1 aliphatic carbocycles. The fraction of sp³-hybridized carbons (Fsp3) is 0.533. The lowest BCUT2D eigenvalue weighted by atomic mass is 9.95. The van der Waals surface area contributed by atoms with E-state index in [0.29, 0.717) is 13.2 Å². The van der Waals surface area contributed by atoms with Gasteiger partial charge in [0.05, 0.1) is 13.2 Å². The van der Waals surface area contributed by atoms with Gasteiger partial charge in [0.15, 0.2) is 12.1 Å². The largest absolute Gasteiger partial charge is 0.346 e. The van der Waals surface area contributed by atoms with Gasteiger partial charge in [0, 0.05) is 17.0 Å². The van der Waals surface area contributed by atoms with E-state index in [4.69, 9.17) is 9.47 Å². The number of Topliss-reactive ketones (excluding diaryl/α,β-unsaturated/α-hetero) is 1. The van der Waals surface area contributed by atoms with Gasteiger partial charge < -0.3 is 9.47 Å². The SMILES string of the molecule is O=C(c1cccc(C2OCCO2)c1)C1CCCC1. The Labute approximate surface area is 107 Å². The zero-order valence-electron chi connectivity index (χ0n) is 10.4. The molecule has 1 aromatic rings. The molecule has 0 N–H and O–H groups in total. The van der Waals surface area contributed by atoms with Crippen molar-refractivity contribution in [2.75, 3.05) is 13.2 Å². The first kappa shape index (κ1) is 11.9. The molecule has 3 rings (SSSR count). The summed E-state index contributed by atoms with van der Waals surface area (Å²) in [6.07, 6.45) is 4.16. The molecule has 0 unspecified atom stereocenters. The summed E-state index contributed by atoms with van der Waals surface area (Å²) in [5.74, 6) is 0.512. The third kappa shape index (κ3) is 2.33. The molecule has 18 heavy (non-hydrogen) atoms. The van der Waals surface area contributed by atoms with Crippen LogP contribution in [0.15, 0.2) is 24.3 Å². The summed E-state index contributed by atoms with van der Waals surface area (Å²) in [5.41, 5.74) is 1.76. The molecule has 0 atom stereocenters. The maximum atomic E-state index is 12.3. The van der Waals surface area contributed by atoms with E-state index in [0.717, 1.165) is 24.0 Å². The molecule has 0 bridgehead atoms. The average Bonchev–Trinajstić information content (AvgIpc) is 3.11. The summed E-state index contributed by atoms with van der Waals surface area (Å²) in [5, 5.41) is 0. The Balaban J connectivity index is 1.79. The lowest BCUT2D eigenvalue weighted by Gasteiger charge is -2.12. The van der Waals surface area contributed by atoms with Crippen LogP contribution in [-0.4, -0.2) is 19.0 Å². The van der Waals surface area contributed by atoms with E-state index in [9.17, 15) is 4.79 Å². The zero-order chi connectivity index (χ0) is 12.4. The van der Waals surface area contributed by atoms with Crippen LogP contribution in [0.1, 0.15) is 47.9 Å². The molecule has 1 saturated carbocycles. The Bertz CT molecular complexity index is 429. The minimum atomic E-state index is -0.290. The molecule has 1 aliphatic heterocycles. The van der Waals surface area contributed by atoms with Crippen molar-refractivity contribution in [1.29, 1.82) is 0 Å². The van der Waals surface area contributed by atoms with Gasteiger partial charge in [-0.3, -0.25) is 4.79 Å². The third-order valence-corrected chi connectivity index (χ3v) is 3.79. The first-order chi connectivity index (χ1) is 8.84. The summed E-state index contributed by atoms with van der Waals surface area (Å²) < 4.78 is 10.9. The van der Waals surface area contributed by atoms with Crippen LogP contribution < -0.4 is 0 Å². The molecule has 0 amide bonds. The second-order valence-corrected chi connectivity index (χ2v) is 5.04. The van der Waals surface area contributed by atoms with Gasteiger partial charge in [-0.1, -0.05) is 31.0 Å². The molecule has 3 heteroatoms. The first-order valence-electron chi connectivity index (χ1n) is 6.72. The Hall–Kier alpha value is -1.19. The van der Waals surface area contributed by atoms with Gasteiger partial charge in [-0.15, -0.1) is 0 Å². The predicted octanol–water partition coefficient (Wildman–Crippen LogP) is 3.10. The Morgan fingerprint density at radius 3 is 2.56 bits per heavy atom. The Kier molecular flexibility index (Phi) is 3.43. The number of hydrogen-bond donors (Lipinski definition) is 0. The minimum Gasteiger partial charge on any atom is -0.346 e. The van der Waals surface area contributed by atoms with Crippen LogP contribution in [0.5, 0.6) is 0 Å². The van der Waals surface area contributed by atoms with Crippen molar-refractivity contribution in [1.82, 2.24) is 0 Å². The van der Waals surface area contributed by atoms with E-state index >= 15 is 0 Å². The molecule has 0 aromatic heterocycles. The highest BCUT2D eigenvalue weighted by Crippen LogP contribution is 2.29. The topological polar surface area (TPSA) is 35.5 Å². The van der Waals surface area contributed by atoms with Gasteiger partial charge in [-0.25, -0.2) is 0 Å². The van der Waals surface area contributed by atoms with Gasteiger partial charge in [0.25, 0.3) is 0 Å². The number of hydrogen-bond acceptors (Lipinski definition) is 3. The highest BCUT2D eigenvalue weighted by atomic mass is 16.7. The van der Waals surface area contributed by atoms with Gasteiger partial charge in [-0.05, 0) is 18.9 Å². The maximum absolute atomic E-state index is 12.3. The molecule has 1 heterocycles. The molecule has 3 nitrogen and oxygen atoms in total. The molecule has 2 aliphatic rings. The monoisotopic (exact) mass is 246 g/mol. The number of ketones is 1. The van der Waals surface area contributed by atoms with Crippen LogP contribution in [0.25, 0.3) is 0 Å².